The zero-order valence-corrected chi connectivity index (χ0v) is 8.79. The van der Waals surface area contributed by atoms with Gasteiger partial charge in [-0.15, -0.1) is 0 Å². The molecule has 1 aromatic carbocycles. The van der Waals surface area contributed by atoms with Crippen LogP contribution in [0.1, 0.15) is 5.56 Å². The fourth-order valence-electron chi connectivity index (χ4n) is 1.29. The molecule has 1 unspecified atom stereocenters. The number of halogens is 1. The van der Waals surface area contributed by atoms with Gasteiger partial charge in [0.05, 0.1) is 18.7 Å². The summed E-state index contributed by atoms with van der Waals surface area (Å²) < 4.78 is 5.15. The van der Waals surface area contributed by atoms with Gasteiger partial charge in [0.25, 0.3) is 0 Å². The van der Waals surface area contributed by atoms with E-state index in [1.807, 2.05) is 12.1 Å². The van der Waals surface area contributed by atoms with Gasteiger partial charge < -0.3 is 15.6 Å². The van der Waals surface area contributed by atoms with Crippen LogP contribution >= 0.6 is 11.6 Å². The van der Waals surface area contributed by atoms with E-state index in [1.54, 1.807) is 13.2 Å². The summed E-state index contributed by atoms with van der Waals surface area (Å²) in [6.45, 7) is -0.0460. The normalized spacial score (nSPS) is 12.6. The molecule has 0 aliphatic carbocycles. The molecule has 0 aliphatic heterocycles. The smallest absolute Gasteiger partial charge is 0.140 e. The quantitative estimate of drug-likeness (QED) is 0.794. The maximum absolute atomic E-state index is 8.83. The van der Waals surface area contributed by atoms with Gasteiger partial charge in [0.15, 0.2) is 0 Å². The molecule has 0 spiro atoms. The summed E-state index contributed by atoms with van der Waals surface area (Å²) in [7, 11) is 1.56. The van der Waals surface area contributed by atoms with E-state index in [4.69, 9.17) is 27.2 Å². The summed E-state index contributed by atoms with van der Waals surface area (Å²) in [5, 5.41) is 9.40. The Morgan fingerprint density at radius 2 is 2.29 bits per heavy atom. The second-order valence-corrected chi connectivity index (χ2v) is 3.49. The molecule has 0 saturated carbocycles. The van der Waals surface area contributed by atoms with Crippen molar-refractivity contribution in [2.75, 3.05) is 13.7 Å². The van der Waals surface area contributed by atoms with Crippen molar-refractivity contribution in [1.82, 2.24) is 0 Å². The maximum atomic E-state index is 8.83. The highest BCUT2D eigenvalue weighted by molar-refractivity contribution is 6.32. The number of aliphatic hydroxyl groups excluding tert-OH is 1. The lowest BCUT2D eigenvalue weighted by Crippen LogP contribution is -2.27. The predicted octanol–water partition coefficient (Wildman–Crippen LogP) is 1.21. The van der Waals surface area contributed by atoms with Crippen LogP contribution in [0, 0.1) is 0 Å². The Labute approximate surface area is 88.4 Å². The number of ether oxygens (including phenoxy) is 1. The first-order valence-corrected chi connectivity index (χ1v) is 4.74. The molecule has 1 atom stereocenters. The molecule has 0 aromatic heterocycles. The lowest BCUT2D eigenvalue weighted by atomic mass is 10.1. The first-order valence-electron chi connectivity index (χ1n) is 4.36. The predicted molar refractivity (Wildman–Crippen MR) is 56.8 cm³/mol. The summed E-state index contributed by atoms with van der Waals surface area (Å²) >= 11 is 5.93. The van der Waals surface area contributed by atoms with E-state index in [0.717, 1.165) is 5.56 Å². The molecule has 0 amide bonds. The fourth-order valence-corrected chi connectivity index (χ4v) is 1.56. The van der Waals surface area contributed by atoms with Gasteiger partial charge in [-0.1, -0.05) is 23.7 Å². The van der Waals surface area contributed by atoms with Gasteiger partial charge in [-0.2, -0.15) is 0 Å². The summed E-state index contributed by atoms with van der Waals surface area (Å²) in [5.41, 5.74) is 6.55. The van der Waals surface area contributed by atoms with Gasteiger partial charge in [0.2, 0.25) is 0 Å². The molecule has 0 saturated heterocycles. The van der Waals surface area contributed by atoms with Crippen molar-refractivity contribution in [3.05, 3.63) is 28.8 Å². The van der Waals surface area contributed by atoms with Crippen LogP contribution in [0.5, 0.6) is 5.75 Å². The molecule has 1 aromatic rings. The first kappa shape index (κ1) is 11.3. The van der Waals surface area contributed by atoms with Crippen molar-refractivity contribution >= 4 is 11.6 Å². The Morgan fingerprint density at radius 1 is 1.57 bits per heavy atom. The number of para-hydroxylation sites is 1. The SMILES string of the molecule is COc1c(Cl)cccc1CC(N)CO. The molecular formula is C10H14ClNO2. The first-order chi connectivity index (χ1) is 6.69. The number of benzene rings is 1. The van der Waals surface area contributed by atoms with Crippen LogP contribution < -0.4 is 10.5 Å². The van der Waals surface area contributed by atoms with Crippen molar-refractivity contribution in [3.8, 4) is 5.75 Å². The third-order valence-corrected chi connectivity index (χ3v) is 2.27. The van der Waals surface area contributed by atoms with Gasteiger partial charge in [-0.3, -0.25) is 0 Å². The van der Waals surface area contributed by atoms with Gasteiger partial charge >= 0.3 is 0 Å². The minimum Gasteiger partial charge on any atom is -0.495 e. The average Bonchev–Trinajstić information content (AvgIpc) is 2.18. The second-order valence-electron chi connectivity index (χ2n) is 3.08. The molecule has 0 aliphatic rings. The van der Waals surface area contributed by atoms with Crippen LogP contribution in [-0.4, -0.2) is 24.9 Å². The van der Waals surface area contributed by atoms with Crippen molar-refractivity contribution in [3.63, 3.8) is 0 Å². The van der Waals surface area contributed by atoms with E-state index >= 15 is 0 Å². The maximum Gasteiger partial charge on any atom is 0.140 e. The molecule has 0 bridgehead atoms. The van der Waals surface area contributed by atoms with E-state index < -0.39 is 0 Å². The highest BCUT2D eigenvalue weighted by Crippen LogP contribution is 2.28. The summed E-state index contributed by atoms with van der Waals surface area (Å²) in [6.07, 6.45) is 0.556. The van der Waals surface area contributed by atoms with E-state index in [1.165, 1.54) is 0 Å². The van der Waals surface area contributed by atoms with Crippen LogP contribution in [0.3, 0.4) is 0 Å². The minimum atomic E-state index is -0.276. The van der Waals surface area contributed by atoms with Gasteiger partial charge in [-0.05, 0) is 18.1 Å². The molecule has 3 nitrogen and oxygen atoms in total. The highest BCUT2D eigenvalue weighted by Gasteiger charge is 2.10. The van der Waals surface area contributed by atoms with Crippen LogP contribution in [0.25, 0.3) is 0 Å². The molecule has 0 heterocycles. The third kappa shape index (κ3) is 2.61. The van der Waals surface area contributed by atoms with Crippen LogP contribution in [-0.2, 0) is 6.42 Å². The zero-order chi connectivity index (χ0) is 10.6. The fraction of sp³-hybridized carbons (Fsp3) is 0.400. The molecule has 78 valence electrons. The Balaban J connectivity index is 2.90. The van der Waals surface area contributed by atoms with Crippen molar-refractivity contribution in [2.45, 2.75) is 12.5 Å². The van der Waals surface area contributed by atoms with E-state index in [0.29, 0.717) is 17.2 Å². The number of nitrogens with two attached hydrogens (primary N) is 1. The Hall–Kier alpha value is -0.770. The largest absolute Gasteiger partial charge is 0.495 e. The summed E-state index contributed by atoms with van der Waals surface area (Å²) in [6, 6.07) is 5.21. The number of hydrogen-bond donors (Lipinski definition) is 2. The van der Waals surface area contributed by atoms with Crippen LogP contribution in [0.15, 0.2) is 18.2 Å². The van der Waals surface area contributed by atoms with Crippen molar-refractivity contribution in [1.29, 1.82) is 0 Å². The topological polar surface area (TPSA) is 55.5 Å². The van der Waals surface area contributed by atoms with E-state index in [-0.39, 0.29) is 12.6 Å². The molecule has 4 heteroatoms. The Morgan fingerprint density at radius 3 is 2.86 bits per heavy atom. The molecule has 1 rings (SSSR count). The number of rotatable bonds is 4. The van der Waals surface area contributed by atoms with E-state index in [2.05, 4.69) is 0 Å². The monoisotopic (exact) mass is 215 g/mol. The van der Waals surface area contributed by atoms with Crippen LogP contribution in [0.2, 0.25) is 5.02 Å². The zero-order valence-electron chi connectivity index (χ0n) is 8.03. The number of hydrogen-bond acceptors (Lipinski definition) is 3. The van der Waals surface area contributed by atoms with Gasteiger partial charge in [0.1, 0.15) is 5.75 Å². The highest BCUT2D eigenvalue weighted by atomic mass is 35.5. The molecule has 3 N–H and O–H groups in total. The lowest BCUT2D eigenvalue weighted by Gasteiger charge is -2.12. The molecule has 0 radical (unpaired) electrons. The van der Waals surface area contributed by atoms with Gasteiger partial charge in [-0.25, -0.2) is 0 Å². The molecular weight excluding hydrogens is 202 g/mol. The minimum absolute atomic E-state index is 0.0460. The lowest BCUT2D eigenvalue weighted by molar-refractivity contribution is 0.264. The second kappa shape index (κ2) is 5.20. The number of methoxy groups -OCH3 is 1. The van der Waals surface area contributed by atoms with Gasteiger partial charge in [0, 0.05) is 6.04 Å². The van der Waals surface area contributed by atoms with Crippen LogP contribution in [0.4, 0.5) is 0 Å². The Kier molecular flexibility index (Phi) is 4.20. The van der Waals surface area contributed by atoms with E-state index in [9.17, 15) is 0 Å². The standard InChI is InChI=1S/C10H14ClNO2/c1-14-10-7(5-8(12)6-13)3-2-4-9(10)11/h2-4,8,13H,5-6,12H2,1H3. The number of aliphatic hydroxyl groups is 1. The third-order valence-electron chi connectivity index (χ3n) is 1.97. The average molecular weight is 216 g/mol. The Bertz CT molecular complexity index is 304. The summed E-state index contributed by atoms with van der Waals surface area (Å²) in [4.78, 5) is 0. The summed E-state index contributed by atoms with van der Waals surface area (Å²) in [5.74, 6) is 0.637. The molecule has 0 fully saturated rings. The molecule has 14 heavy (non-hydrogen) atoms. The van der Waals surface area contributed by atoms with Crippen molar-refractivity contribution < 1.29 is 9.84 Å². The van der Waals surface area contributed by atoms with Crippen molar-refractivity contribution in [2.24, 2.45) is 5.73 Å².